The molecule has 0 aromatic heterocycles. The van der Waals surface area contributed by atoms with Gasteiger partial charge in [0.1, 0.15) is 54.0 Å². The van der Waals surface area contributed by atoms with Crippen molar-refractivity contribution in [1.82, 2.24) is 30.7 Å². The fraction of sp³-hybridized carbons (Fsp3) is 0.486. The third-order valence-electron chi connectivity index (χ3n) is 10.1. The average molecular weight is 880 g/mol. The summed E-state index contributed by atoms with van der Waals surface area (Å²) in [7, 11) is 1.41. The third kappa shape index (κ3) is 9.87. The molecule has 0 radical (unpaired) electrons. The number of hydrogen-bond donors (Lipinski definition) is 4. The maximum Gasteiger partial charge on any atom is 0.329 e. The number of cyclic esters (lactones) is 1. The van der Waals surface area contributed by atoms with Crippen molar-refractivity contribution in [2.45, 2.75) is 95.2 Å². The van der Waals surface area contributed by atoms with Gasteiger partial charge in [0.25, 0.3) is 0 Å². The number of likely N-dealkylation sites (N-methyl/N-ethyl adjacent to an activating group) is 1. The number of carbonyl (C=O) groups excluding carboxylic acids is 7. The summed E-state index contributed by atoms with van der Waals surface area (Å²) in [6.07, 6.45) is -0.437. The van der Waals surface area contributed by atoms with Crippen LogP contribution in [-0.4, -0.2) is 119 Å². The Morgan fingerprint density at radius 1 is 0.891 bits per heavy atom. The number of esters is 1. The topological polar surface area (TPSA) is 187 Å². The van der Waals surface area contributed by atoms with Crippen LogP contribution in [-0.2, 0) is 39.9 Å². The molecular weight excluding hydrogens is 835 g/mol. The monoisotopic (exact) mass is 879 g/mol. The van der Waals surface area contributed by atoms with Crippen molar-refractivity contribution in [3.63, 3.8) is 0 Å². The van der Waals surface area contributed by atoms with Crippen molar-refractivity contribution in [2.75, 3.05) is 25.5 Å². The van der Waals surface area contributed by atoms with E-state index in [0.717, 1.165) is 15.7 Å². The molecule has 296 valence electrons. The largest absolute Gasteiger partial charge is 0.458 e. The Morgan fingerprint density at radius 2 is 1.49 bits per heavy atom. The van der Waals surface area contributed by atoms with E-state index in [-0.39, 0.29) is 31.5 Å². The summed E-state index contributed by atoms with van der Waals surface area (Å²) in [5.41, 5.74) is 0.403. The quantitative estimate of drug-likeness (QED) is 0.251. The number of amides is 7. The minimum atomic E-state index is -1.62. The maximum absolute atomic E-state index is 14.5. The summed E-state index contributed by atoms with van der Waals surface area (Å²) < 4.78 is 35.2. The first kappa shape index (κ1) is 41.3. The number of fused-ring (bicyclic) bond motifs is 2. The molecule has 4 N–H and O–H groups in total. The summed E-state index contributed by atoms with van der Waals surface area (Å²) in [5.74, 6) is -6.14. The second-order valence-corrected chi connectivity index (χ2v) is 15.2. The van der Waals surface area contributed by atoms with Gasteiger partial charge in [-0.25, -0.2) is 18.4 Å². The molecular formula is C37H44F2IN7O8. The van der Waals surface area contributed by atoms with Crippen LogP contribution in [0.1, 0.15) is 52.0 Å². The number of urea groups is 1. The Balaban J connectivity index is 1.48. The zero-order valence-electron chi connectivity index (χ0n) is 30.8. The van der Waals surface area contributed by atoms with E-state index in [2.05, 4.69) is 43.9 Å². The lowest BCUT2D eigenvalue weighted by Gasteiger charge is -2.36. The lowest BCUT2D eigenvalue weighted by atomic mass is 10.0. The molecule has 3 aliphatic rings. The number of benzene rings is 2. The lowest BCUT2D eigenvalue weighted by molar-refractivity contribution is -0.162. The summed E-state index contributed by atoms with van der Waals surface area (Å²) >= 11 is 2.09. The summed E-state index contributed by atoms with van der Waals surface area (Å²) in [5, 5.41) is 10.3. The highest BCUT2D eigenvalue weighted by molar-refractivity contribution is 14.1. The van der Waals surface area contributed by atoms with E-state index in [1.165, 1.54) is 42.5 Å². The average Bonchev–Trinajstić information content (AvgIpc) is 3.83. The smallest absolute Gasteiger partial charge is 0.329 e. The molecule has 7 atom stereocenters. The molecule has 0 bridgehead atoms. The number of ether oxygens (including phenoxy) is 1. The van der Waals surface area contributed by atoms with Crippen molar-refractivity contribution < 1.29 is 47.1 Å². The van der Waals surface area contributed by atoms with Gasteiger partial charge < -0.3 is 40.7 Å². The van der Waals surface area contributed by atoms with Crippen molar-refractivity contribution in [1.29, 1.82) is 0 Å². The molecule has 3 aliphatic heterocycles. The lowest BCUT2D eigenvalue weighted by Crippen LogP contribution is -2.62. The van der Waals surface area contributed by atoms with Crippen LogP contribution in [0.15, 0.2) is 42.5 Å². The van der Waals surface area contributed by atoms with Gasteiger partial charge >= 0.3 is 12.0 Å². The van der Waals surface area contributed by atoms with Crippen molar-refractivity contribution in [3.05, 3.63) is 63.2 Å². The molecule has 3 heterocycles. The van der Waals surface area contributed by atoms with Crippen LogP contribution in [0.4, 0.5) is 19.3 Å². The van der Waals surface area contributed by atoms with Gasteiger partial charge in [0.15, 0.2) is 0 Å². The van der Waals surface area contributed by atoms with Crippen molar-refractivity contribution >= 4 is 69.8 Å². The second-order valence-electron chi connectivity index (χ2n) is 14.0. The molecule has 5 rings (SSSR count). The van der Waals surface area contributed by atoms with Gasteiger partial charge in [-0.3, -0.25) is 24.0 Å². The van der Waals surface area contributed by atoms with Gasteiger partial charge in [0, 0.05) is 41.9 Å². The van der Waals surface area contributed by atoms with Crippen LogP contribution < -0.4 is 21.3 Å². The third-order valence-corrected chi connectivity index (χ3v) is 10.8. The van der Waals surface area contributed by atoms with Gasteiger partial charge in [-0.1, -0.05) is 0 Å². The van der Waals surface area contributed by atoms with Gasteiger partial charge in [-0.15, -0.1) is 0 Å². The first-order valence-corrected chi connectivity index (χ1v) is 19.1. The van der Waals surface area contributed by atoms with E-state index in [1.54, 1.807) is 24.3 Å². The number of nitrogens with one attached hydrogen (secondary N) is 4. The molecule has 0 aliphatic carbocycles. The SMILES string of the molecule is C[C@@H]1NC(=O)[C@H](C)N(C)C(=O)[C@@H]2CCCN2C(=O)[C@@H](NC(=O)[C@H](Cc2cc(F)cc(F)c2)NC(=O)Nc2ccc(I)cc2)[C@H](C)OC(=O)[C@@H]2CCCN2C1=O. The van der Waals surface area contributed by atoms with E-state index in [4.69, 9.17) is 4.74 Å². The minimum absolute atomic E-state index is 0.0163. The molecule has 18 heteroatoms. The summed E-state index contributed by atoms with van der Waals surface area (Å²) in [4.78, 5) is 99.7. The van der Waals surface area contributed by atoms with Gasteiger partial charge in [0.2, 0.25) is 29.5 Å². The Labute approximate surface area is 330 Å². The Kier molecular flexibility index (Phi) is 13.3. The van der Waals surface area contributed by atoms with E-state index in [0.29, 0.717) is 24.6 Å². The number of carbonyl (C=O) groups is 7. The number of hydrogen-bond acceptors (Lipinski definition) is 8. The summed E-state index contributed by atoms with van der Waals surface area (Å²) in [6, 6.07) is 1.25. The first-order valence-electron chi connectivity index (χ1n) is 18.0. The van der Waals surface area contributed by atoms with Crippen LogP contribution in [0.5, 0.6) is 0 Å². The summed E-state index contributed by atoms with van der Waals surface area (Å²) in [6.45, 7) is 4.65. The Hall–Kier alpha value is -4.88. The zero-order valence-corrected chi connectivity index (χ0v) is 32.9. The van der Waals surface area contributed by atoms with Crippen LogP contribution in [0.25, 0.3) is 0 Å². The number of rotatable bonds is 6. The highest BCUT2D eigenvalue weighted by Gasteiger charge is 2.45. The van der Waals surface area contributed by atoms with Gasteiger partial charge in [-0.2, -0.15) is 0 Å². The van der Waals surface area contributed by atoms with Crippen LogP contribution in [0, 0.1) is 15.2 Å². The molecule has 7 amide bonds. The molecule has 55 heavy (non-hydrogen) atoms. The number of anilines is 1. The number of halogens is 3. The molecule has 2 aromatic carbocycles. The van der Waals surface area contributed by atoms with Crippen LogP contribution >= 0.6 is 22.6 Å². The fourth-order valence-corrected chi connectivity index (χ4v) is 7.34. The van der Waals surface area contributed by atoms with Gasteiger partial charge in [-0.05, 0) is 111 Å². The predicted octanol–water partition coefficient (Wildman–Crippen LogP) is 2.07. The van der Waals surface area contributed by atoms with Gasteiger partial charge in [0.05, 0.1) is 0 Å². The van der Waals surface area contributed by atoms with E-state index >= 15 is 0 Å². The molecule has 0 saturated carbocycles. The minimum Gasteiger partial charge on any atom is -0.458 e. The second kappa shape index (κ2) is 17.7. The maximum atomic E-state index is 14.5. The van der Waals surface area contributed by atoms with E-state index < -0.39 is 102 Å². The highest BCUT2D eigenvalue weighted by Crippen LogP contribution is 2.25. The fourth-order valence-electron chi connectivity index (χ4n) is 6.98. The standard InChI is InChI=1S/C37H44F2IN7O8/c1-19-33(50)47-14-6-8-29(47)36(53)55-21(3)30(35(52)46-13-5-7-28(46)34(51)45(4)20(2)31(48)41-19)44-32(49)27(17-22-15-23(38)18-24(39)16-22)43-37(54)42-26-11-9-25(40)10-12-26/h9-12,15-16,18-21,27-30H,5-8,13-14,17H2,1-4H3,(H,41,48)(H,44,49)(H2,42,43,54)/t19-,20-,21-,27-,28-,29-,30-/m0/s1. The zero-order chi connectivity index (χ0) is 40.1. The molecule has 0 unspecified atom stereocenters. The first-order chi connectivity index (χ1) is 26.0. The molecule has 0 spiro atoms. The van der Waals surface area contributed by atoms with E-state index in [1.807, 2.05) is 0 Å². The molecule has 3 saturated heterocycles. The Morgan fingerprint density at radius 3 is 2.13 bits per heavy atom. The van der Waals surface area contributed by atoms with Crippen LogP contribution in [0.3, 0.4) is 0 Å². The van der Waals surface area contributed by atoms with Crippen molar-refractivity contribution in [3.8, 4) is 0 Å². The van der Waals surface area contributed by atoms with Crippen LogP contribution in [0.2, 0.25) is 0 Å². The Bertz CT molecular complexity index is 1810. The van der Waals surface area contributed by atoms with Crippen molar-refractivity contribution in [2.24, 2.45) is 0 Å². The molecule has 2 aromatic rings. The predicted molar refractivity (Wildman–Crippen MR) is 202 cm³/mol. The van der Waals surface area contributed by atoms with E-state index in [9.17, 15) is 42.3 Å². The number of nitrogens with zero attached hydrogens (tertiary/aromatic N) is 3. The normalized spacial score (nSPS) is 25.8. The molecule has 3 fully saturated rings. The highest BCUT2D eigenvalue weighted by atomic mass is 127. The molecule has 15 nitrogen and oxygen atoms in total.